The molecule has 2 heterocycles. The number of nitrogens with zero attached hydrogens (tertiary/aromatic N) is 3. The Morgan fingerprint density at radius 2 is 2.14 bits per heavy atom. The van der Waals surface area contributed by atoms with Gasteiger partial charge in [-0.3, -0.25) is 4.90 Å². The third kappa shape index (κ3) is 2.08. The third-order valence-electron chi connectivity index (χ3n) is 2.73. The highest BCUT2D eigenvalue weighted by atomic mass is 15.2. The normalized spacial score (nSPS) is 28.1. The van der Waals surface area contributed by atoms with Gasteiger partial charge in [-0.25, -0.2) is 9.97 Å². The summed E-state index contributed by atoms with van der Waals surface area (Å²) in [5.41, 5.74) is 5.94. The SMILES string of the molecule is CC1CN(Cc2ncccn2)CC1N. The van der Waals surface area contributed by atoms with Gasteiger partial charge in [0.15, 0.2) is 0 Å². The molecular weight excluding hydrogens is 176 g/mol. The van der Waals surface area contributed by atoms with E-state index in [0.29, 0.717) is 12.0 Å². The van der Waals surface area contributed by atoms with Crippen molar-refractivity contribution in [2.24, 2.45) is 11.7 Å². The quantitative estimate of drug-likeness (QED) is 0.730. The van der Waals surface area contributed by atoms with Gasteiger partial charge in [-0.2, -0.15) is 0 Å². The molecule has 0 saturated carbocycles. The molecule has 0 spiro atoms. The smallest absolute Gasteiger partial charge is 0.142 e. The van der Waals surface area contributed by atoms with Gasteiger partial charge in [0.05, 0.1) is 6.54 Å². The highest BCUT2D eigenvalue weighted by Gasteiger charge is 2.26. The van der Waals surface area contributed by atoms with Crippen LogP contribution in [0.15, 0.2) is 18.5 Å². The van der Waals surface area contributed by atoms with E-state index in [-0.39, 0.29) is 0 Å². The van der Waals surface area contributed by atoms with Gasteiger partial charge in [0, 0.05) is 31.5 Å². The average molecular weight is 192 g/mol. The van der Waals surface area contributed by atoms with Crippen molar-refractivity contribution in [2.45, 2.75) is 19.5 Å². The molecule has 0 aromatic carbocycles. The standard InChI is InChI=1S/C10H16N4/c1-8-5-14(6-9(8)11)7-10-12-3-2-4-13-10/h2-4,8-9H,5-7,11H2,1H3. The lowest BCUT2D eigenvalue weighted by Crippen LogP contribution is -2.28. The zero-order chi connectivity index (χ0) is 9.97. The van der Waals surface area contributed by atoms with Crippen molar-refractivity contribution < 1.29 is 0 Å². The van der Waals surface area contributed by atoms with Crippen LogP contribution >= 0.6 is 0 Å². The molecule has 2 N–H and O–H groups in total. The predicted molar refractivity (Wildman–Crippen MR) is 54.4 cm³/mol. The molecule has 1 aliphatic rings. The Labute approximate surface area is 84.2 Å². The molecule has 1 aromatic heterocycles. The van der Waals surface area contributed by atoms with Crippen molar-refractivity contribution in [3.05, 3.63) is 24.3 Å². The Balaban J connectivity index is 1.94. The van der Waals surface area contributed by atoms with Gasteiger partial charge in [-0.05, 0) is 12.0 Å². The molecule has 14 heavy (non-hydrogen) atoms. The summed E-state index contributed by atoms with van der Waals surface area (Å²) in [7, 11) is 0. The van der Waals surface area contributed by atoms with E-state index in [4.69, 9.17) is 5.73 Å². The molecule has 0 aliphatic carbocycles. The van der Waals surface area contributed by atoms with E-state index < -0.39 is 0 Å². The highest BCUT2D eigenvalue weighted by molar-refractivity contribution is 4.91. The van der Waals surface area contributed by atoms with E-state index in [1.54, 1.807) is 12.4 Å². The van der Waals surface area contributed by atoms with Crippen molar-refractivity contribution in [1.82, 2.24) is 14.9 Å². The molecule has 76 valence electrons. The summed E-state index contributed by atoms with van der Waals surface area (Å²) < 4.78 is 0. The van der Waals surface area contributed by atoms with Crippen molar-refractivity contribution in [3.63, 3.8) is 0 Å². The zero-order valence-corrected chi connectivity index (χ0v) is 8.43. The van der Waals surface area contributed by atoms with E-state index in [1.807, 2.05) is 6.07 Å². The minimum absolute atomic E-state index is 0.304. The molecule has 1 aliphatic heterocycles. The monoisotopic (exact) mass is 192 g/mol. The molecule has 2 unspecified atom stereocenters. The maximum absolute atomic E-state index is 5.94. The van der Waals surface area contributed by atoms with Crippen LogP contribution in [0.5, 0.6) is 0 Å². The predicted octanol–water partition coefficient (Wildman–Crippen LogP) is 0.256. The summed E-state index contributed by atoms with van der Waals surface area (Å²) in [6, 6.07) is 2.14. The van der Waals surface area contributed by atoms with Gasteiger partial charge in [-0.15, -0.1) is 0 Å². The van der Waals surface area contributed by atoms with Crippen LogP contribution in [0.25, 0.3) is 0 Å². The molecule has 0 amide bonds. The summed E-state index contributed by atoms with van der Waals surface area (Å²) in [6.45, 7) is 5.02. The summed E-state index contributed by atoms with van der Waals surface area (Å²) in [4.78, 5) is 10.7. The molecule has 1 aromatic rings. The molecule has 2 rings (SSSR count). The summed E-state index contributed by atoms with van der Waals surface area (Å²) in [6.07, 6.45) is 3.56. The van der Waals surface area contributed by atoms with Crippen molar-refractivity contribution in [3.8, 4) is 0 Å². The maximum Gasteiger partial charge on any atom is 0.142 e. The summed E-state index contributed by atoms with van der Waals surface area (Å²) in [5.74, 6) is 1.47. The molecule has 0 radical (unpaired) electrons. The van der Waals surface area contributed by atoms with Gasteiger partial charge >= 0.3 is 0 Å². The second-order valence-corrected chi connectivity index (χ2v) is 4.00. The molecule has 4 nitrogen and oxygen atoms in total. The second-order valence-electron chi connectivity index (χ2n) is 4.00. The average Bonchev–Trinajstić information content (AvgIpc) is 2.47. The van der Waals surface area contributed by atoms with Gasteiger partial charge in [-0.1, -0.05) is 6.92 Å². The zero-order valence-electron chi connectivity index (χ0n) is 8.43. The van der Waals surface area contributed by atoms with Gasteiger partial charge in [0.25, 0.3) is 0 Å². The molecule has 2 atom stereocenters. The first-order chi connectivity index (χ1) is 6.75. The van der Waals surface area contributed by atoms with Crippen LogP contribution in [-0.2, 0) is 6.54 Å². The molecule has 1 fully saturated rings. The van der Waals surface area contributed by atoms with Crippen LogP contribution in [0.4, 0.5) is 0 Å². The number of rotatable bonds is 2. The first-order valence-electron chi connectivity index (χ1n) is 4.99. The molecule has 0 bridgehead atoms. The minimum atomic E-state index is 0.304. The number of likely N-dealkylation sites (tertiary alicyclic amines) is 1. The summed E-state index contributed by atoms with van der Waals surface area (Å²) >= 11 is 0. The van der Waals surface area contributed by atoms with Crippen LogP contribution in [0, 0.1) is 5.92 Å². The number of aromatic nitrogens is 2. The largest absolute Gasteiger partial charge is 0.326 e. The van der Waals surface area contributed by atoms with E-state index in [9.17, 15) is 0 Å². The van der Waals surface area contributed by atoms with Gasteiger partial charge < -0.3 is 5.73 Å². The minimum Gasteiger partial charge on any atom is -0.326 e. The van der Waals surface area contributed by atoms with Crippen LogP contribution in [0.2, 0.25) is 0 Å². The Bertz CT molecular complexity index is 277. The fourth-order valence-corrected chi connectivity index (χ4v) is 1.84. The maximum atomic E-state index is 5.94. The first-order valence-corrected chi connectivity index (χ1v) is 4.99. The molecule has 1 saturated heterocycles. The van der Waals surface area contributed by atoms with Crippen molar-refractivity contribution in [2.75, 3.05) is 13.1 Å². The molecule has 4 heteroatoms. The van der Waals surface area contributed by atoms with E-state index in [1.165, 1.54) is 0 Å². The molecular formula is C10H16N4. The van der Waals surface area contributed by atoms with Crippen LogP contribution < -0.4 is 5.73 Å². The summed E-state index contributed by atoms with van der Waals surface area (Å²) in [5, 5.41) is 0. The number of hydrogen-bond acceptors (Lipinski definition) is 4. The van der Waals surface area contributed by atoms with E-state index >= 15 is 0 Å². The lowest BCUT2D eigenvalue weighted by atomic mass is 10.1. The lowest BCUT2D eigenvalue weighted by Gasteiger charge is -2.13. The van der Waals surface area contributed by atoms with Gasteiger partial charge in [0.1, 0.15) is 5.82 Å². The van der Waals surface area contributed by atoms with Gasteiger partial charge in [0.2, 0.25) is 0 Å². The first kappa shape index (κ1) is 9.55. The Hall–Kier alpha value is -1.00. The fraction of sp³-hybridized carbons (Fsp3) is 0.600. The Morgan fingerprint density at radius 3 is 2.71 bits per heavy atom. The Kier molecular flexibility index (Phi) is 2.74. The second kappa shape index (κ2) is 4.02. The van der Waals surface area contributed by atoms with Crippen molar-refractivity contribution >= 4 is 0 Å². The van der Waals surface area contributed by atoms with E-state index in [0.717, 1.165) is 25.5 Å². The third-order valence-corrected chi connectivity index (χ3v) is 2.73. The lowest BCUT2D eigenvalue weighted by molar-refractivity contribution is 0.310. The Morgan fingerprint density at radius 1 is 1.43 bits per heavy atom. The number of nitrogens with two attached hydrogens (primary N) is 1. The van der Waals surface area contributed by atoms with Crippen LogP contribution in [-0.4, -0.2) is 34.0 Å². The number of hydrogen-bond donors (Lipinski definition) is 1. The topological polar surface area (TPSA) is 55.0 Å². The fourth-order valence-electron chi connectivity index (χ4n) is 1.84. The van der Waals surface area contributed by atoms with E-state index in [2.05, 4.69) is 21.8 Å². The van der Waals surface area contributed by atoms with Crippen LogP contribution in [0.1, 0.15) is 12.7 Å². The highest BCUT2D eigenvalue weighted by Crippen LogP contribution is 2.15. The van der Waals surface area contributed by atoms with Crippen molar-refractivity contribution in [1.29, 1.82) is 0 Å². The van der Waals surface area contributed by atoms with Crippen LogP contribution in [0.3, 0.4) is 0 Å².